The number of ether oxygens (including phenoxy) is 1. The van der Waals surface area contributed by atoms with E-state index in [2.05, 4.69) is 4.98 Å². The van der Waals surface area contributed by atoms with Crippen molar-refractivity contribution in [3.63, 3.8) is 0 Å². The Morgan fingerprint density at radius 1 is 1.08 bits per heavy atom. The molecule has 0 aliphatic heterocycles. The van der Waals surface area contributed by atoms with Gasteiger partial charge in [-0.05, 0) is 30.3 Å². The monoisotopic (exact) mass is 372 g/mol. The summed E-state index contributed by atoms with van der Waals surface area (Å²) in [6.07, 6.45) is 1.72. The predicted molar refractivity (Wildman–Crippen MR) is 95.3 cm³/mol. The fourth-order valence-corrected chi connectivity index (χ4v) is 3.37. The van der Waals surface area contributed by atoms with E-state index in [9.17, 15) is 13.2 Å². The van der Waals surface area contributed by atoms with E-state index >= 15 is 0 Å². The molecule has 7 nitrogen and oxygen atoms in total. The zero-order chi connectivity index (χ0) is 18.6. The van der Waals surface area contributed by atoms with Gasteiger partial charge in [0.25, 0.3) is 0 Å². The van der Waals surface area contributed by atoms with Crippen LogP contribution < -0.4 is 9.46 Å². The zero-order valence-corrected chi connectivity index (χ0v) is 14.4. The number of hydrogen-bond acceptors (Lipinski definition) is 5. The molecule has 2 aromatic carbocycles. The van der Waals surface area contributed by atoms with Crippen LogP contribution in [0.4, 0.5) is 0 Å². The third-order valence-corrected chi connectivity index (χ3v) is 5.08. The van der Waals surface area contributed by atoms with Crippen molar-refractivity contribution in [1.82, 2.24) is 9.71 Å². The van der Waals surface area contributed by atoms with E-state index in [0.29, 0.717) is 5.75 Å². The van der Waals surface area contributed by atoms with E-state index in [4.69, 9.17) is 9.84 Å². The van der Waals surface area contributed by atoms with E-state index in [0.717, 1.165) is 16.5 Å². The lowest BCUT2D eigenvalue weighted by atomic mass is 10.1. The zero-order valence-electron chi connectivity index (χ0n) is 13.6. The van der Waals surface area contributed by atoms with E-state index in [1.807, 2.05) is 35.1 Å². The average Bonchev–Trinajstić information content (AvgIpc) is 2.65. The molecule has 3 rings (SSSR count). The smallest absolute Gasteiger partial charge is 0.318 e. The van der Waals surface area contributed by atoms with Crippen LogP contribution in [0.3, 0.4) is 0 Å². The van der Waals surface area contributed by atoms with Crippen molar-refractivity contribution in [1.29, 1.82) is 0 Å². The Morgan fingerprint density at radius 3 is 2.54 bits per heavy atom. The van der Waals surface area contributed by atoms with Crippen LogP contribution in [0.1, 0.15) is 5.56 Å². The second kappa shape index (κ2) is 7.51. The van der Waals surface area contributed by atoms with Crippen LogP contribution in [0.15, 0.2) is 65.7 Å². The molecular formula is C18H16N2O5S. The molecule has 1 heterocycles. The number of aliphatic carboxylic acids is 1. The first-order valence-electron chi connectivity index (χ1n) is 7.73. The minimum Gasteiger partial charge on any atom is -0.489 e. The number of carboxylic acid groups (broad SMARTS) is 1. The summed E-state index contributed by atoms with van der Waals surface area (Å²) >= 11 is 0. The maximum Gasteiger partial charge on any atom is 0.318 e. The lowest BCUT2D eigenvalue weighted by molar-refractivity contribution is -0.135. The quantitative estimate of drug-likeness (QED) is 0.658. The Hall–Kier alpha value is -2.97. The SMILES string of the molecule is O=C(O)CNS(=O)(=O)c1ccc(OCc2cccc3cccnc23)cc1. The summed E-state index contributed by atoms with van der Waals surface area (Å²) in [5.74, 6) is -0.757. The minimum atomic E-state index is -3.86. The molecule has 0 spiro atoms. The number of para-hydroxylation sites is 1. The van der Waals surface area contributed by atoms with Crippen LogP contribution in [0, 0.1) is 0 Å². The summed E-state index contributed by atoms with van der Waals surface area (Å²) in [5.41, 5.74) is 1.77. The highest BCUT2D eigenvalue weighted by molar-refractivity contribution is 7.89. The van der Waals surface area contributed by atoms with Gasteiger partial charge < -0.3 is 9.84 Å². The first kappa shape index (κ1) is 17.8. The first-order chi connectivity index (χ1) is 12.5. The Balaban J connectivity index is 1.71. The highest BCUT2D eigenvalue weighted by Crippen LogP contribution is 2.20. The van der Waals surface area contributed by atoms with Gasteiger partial charge in [0, 0.05) is 17.1 Å². The molecule has 0 atom stereocenters. The second-order valence-corrected chi connectivity index (χ2v) is 7.24. The number of nitrogens with zero attached hydrogens (tertiary/aromatic N) is 1. The molecular weight excluding hydrogens is 356 g/mol. The van der Waals surface area contributed by atoms with Gasteiger partial charge in [-0.15, -0.1) is 0 Å². The van der Waals surface area contributed by atoms with Crippen molar-refractivity contribution >= 4 is 26.9 Å². The van der Waals surface area contributed by atoms with Crippen LogP contribution in [-0.2, 0) is 21.4 Å². The normalized spacial score (nSPS) is 11.4. The number of carbonyl (C=O) groups is 1. The van der Waals surface area contributed by atoms with Crippen molar-refractivity contribution < 1.29 is 23.1 Å². The molecule has 0 radical (unpaired) electrons. The van der Waals surface area contributed by atoms with Gasteiger partial charge in [0.2, 0.25) is 10.0 Å². The Morgan fingerprint density at radius 2 is 1.81 bits per heavy atom. The highest BCUT2D eigenvalue weighted by Gasteiger charge is 2.15. The van der Waals surface area contributed by atoms with Gasteiger partial charge >= 0.3 is 5.97 Å². The van der Waals surface area contributed by atoms with Crippen molar-refractivity contribution in [2.24, 2.45) is 0 Å². The van der Waals surface area contributed by atoms with Crippen molar-refractivity contribution in [3.05, 3.63) is 66.4 Å². The largest absolute Gasteiger partial charge is 0.489 e. The molecule has 26 heavy (non-hydrogen) atoms. The standard InChI is InChI=1S/C18H16N2O5S/c21-17(22)11-20-26(23,24)16-8-6-15(7-9-16)25-12-14-4-1-3-13-5-2-10-19-18(13)14/h1-10,20H,11-12H2,(H,21,22). The number of benzene rings is 2. The van der Waals surface area contributed by atoms with Gasteiger partial charge in [-0.2, -0.15) is 4.72 Å². The maximum atomic E-state index is 12.0. The van der Waals surface area contributed by atoms with Crippen LogP contribution >= 0.6 is 0 Å². The summed E-state index contributed by atoms with van der Waals surface area (Å²) in [6, 6.07) is 15.4. The molecule has 0 amide bonds. The number of hydrogen-bond donors (Lipinski definition) is 2. The van der Waals surface area contributed by atoms with Gasteiger partial charge in [0.1, 0.15) is 18.9 Å². The summed E-state index contributed by atoms with van der Waals surface area (Å²) in [6.45, 7) is -0.383. The molecule has 0 unspecified atom stereocenters. The fourth-order valence-electron chi connectivity index (χ4n) is 2.40. The summed E-state index contributed by atoms with van der Waals surface area (Å²) < 4.78 is 31.6. The third kappa shape index (κ3) is 4.16. The Labute approximate surface area is 150 Å². The van der Waals surface area contributed by atoms with E-state index in [-0.39, 0.29) is 11.5 Å². The number of carboxylic acids is 1. The van der Waals surface area contributed by atoms with Crippen LogP contribution in [0.25, 0.3) is 10.9 Å². The topological polar surface area (TPSA) is 106 Å². The summed E-state index contributed by atoms with van der Waals surface area (Å²) in [7, 11) is -3.86. The van der Waals surface area contributed by atoms with Gasteiger partial charge in [0.15, 0.2) is 0 Å². The number of pyridine rings is 1. The number of fused-ring (bicyclic) bond motifs is 1. The lowest BCUT2D eigenvalue weighted by Gasteiger charge is -2.09. The van der Waals surface area contributed by atoms with Gasteiger partial charge in [-0.25, -0.2) is 8.42 Å². The molecule has 0 aliphatic rings. The molecule has 1 aromatic heterocycles. The molecule has 0 saturated carbocycles. The summed E-state index contributed by atoms with van der Waals surface area (Å²) in [5, 5.41) is 9.58. The molecule has 0 bridgehead atoms. The first-order valence-corrected chi connectivity index (χ1v) is 9.21. The molecule has 0 aliphatic carbocycles. The Kier molecular flexibility index (Phi) is 5.15. The van der Waals surface area contributed by atoms with Crippen molar-refractivity contribution in [2.45, 2.75) is 11.5 Å². The van der Waals surface area contributed by atoms with E-state index in [1.165, 1.54) is 24.3 Å². The van der Waals surface area contributed by atoms with Crippen LogP contribution in [0.2, 0.25) is 0 Å². The molecule has 3 aromatic rings. The molecule has 8 heteroatoms. The van der Waals surface area contributed by atoms with Gasteiger partial charge in [0.05, 0.1) is 10.4 Å². The second-order valence-electron chi connectivity index (χ2n) is 5.47. The molecule has 2 N–H and O–H groups in total. The Bertz CT molecular complexity index is 1030. The predicted octanol–water partition coefficient (Wildman–Crippen LogP) is 2.18. The van der Waals surface area contributed by atoms with E-state index < -0.39 is 22.5 Å². The molecule has 0 saturated heterocycles. The van der Waals surface area contributed by atoms with Crippen molar-refractivity contribution in [3.8, 4) is 5.75 Å². The fraction of sp³-hybridized carbons (Fsp3) is 0.111. The van der Waals surface area contributed by atoms with Gasteiger partial charge in [-0.3, -0.25) is 9.78 Å². The number of aromatic nitrogens is 1. The number of rotatable bonds is 7. The van der Waals surface area contributed by atoms with Gasteiger partial charge in [-0.1, -0.05) is 24.3 Å². The van der Waals surface area contributed by atoms with Crippen LogP contribution in [-0.4, -0.2) is 31.0 Å². The maximum absolute atomic E-state index is 12.0. The third-order valence-electron chi connectivity index (χ3n) is 3.66. The number of nitrogens with one attached hydrogen (secondary N) is 1. The number of sulfonamides is 1. The molecule has 134 valence electrons. The summed E-state index contributed by atoms with van der Waals surface area (Å²) in [4.78, 5) is 14.8. The van der Waals surface area contributed by atoms with Crippen molar-refractivity contribution in [2.75, 3.05) is 6.54 Å². The van der Waals surface area contributed by atoms with E-state index in [1.54, 1.807) is 6.20 Å². The van der Waals surface area contributed by atoms with Crippen LogP contribution in [0.5, 0.6) is 5.75 Å². The highest BCUT2D eigenvalue weighted by atomic mass is 32.2. The lowest BCUT2D eigenvalue weighted by Crippen LogP contribution is -2.29. The molecule has 0 fully saturated rings. The average molecular weight is 372 g/mol. The minimum absolute atomic E-state index is 0.0297.